The number of carbonyl (C=O) groups is 1. The Morgan fingerprint density at radius 1 is 1.50 bits per heavy atom. The second-order valence-electron chi connectivity index (χ2n) is 2.28. The zero-order valence-electron chi connectivity index (χ0n) is 6.68. The largest absolute Gasteiger partial charge is 0.320 e. The minimum absolute atomic E-state index is 0.0355. The fraction of sp³-hybridized carbons (Fsp3) is 0.857. The molecule has 2 N–H and O–H groups in total. The fourth-order valence-corrected chi connectivity index (χ4v) is 0.779. The molecular formula is C7H16N2O. The van der Waals surface area contributed by atoms with Crippen molar-refractivity contribution in [3.63, 3.8) is 0 Å². The standard InChI is InChI=1S/C7H16N2O/c1-8-5-3-4-7(6-10)9-2/h6-9H,3-5H2,1-2H3. The molecule has 1 unspecified atom stereocenters. The molecular weight excluding hydrogens is 128 g/mol. The monoisotopic (exact) mass is 144 g/mol. The summed E-state index contributed by atoms with van der Waals surface area (Å²) in [6.45, 7) is 0.978. The Balaban J connectivity index is 3.17. The van der Waals surface area contributed by atoms with Crippen LogP contribution in [0.15, 0.2) is 0 Å². The van der Waals surface area contributed by atoms with Crippen LogP contribution in [0.5, 0.6) is 0 Å². The maximum Gasteiger partial charge on any atom is 0.136 e. The van der Waals surface area contributed by atoms with E-state index < -0.39 is 0 Å². The Kier molecular flexibility index (Phi) is 6.43. The Bertz CT molecular complexity index is 85.7. The van der Waals surface area contributed by atoms with E-state index >= 15 is 0 Å². The van der Waals surface area contributed by atoms with Crippen molar-refractivity contribution in [2.75, 3.05) is 20.6 Å². The van der Waals surface area contributed by atoms with Gasteiger partial charge in [-0.1, -0.05) is 0 Å². The topological polar surface area (TPSA) is 41.1 Å². The van der Waals surface area contributed by atoms with Gasteiger partial charge in [0, 0.05) is 0 Å². The Hall–Kier alpha value is -0.410. The van der Waals surface area contributed by atoms with E-state index in [2.05, 4.69) is 10.6 Å². The molecule has 0 amide bonds. The SMILES string of the molecule is CNCCCC(C=O)NC. The number of likely N-dealkylation sites (N-methyl/N-ethyl adjacent to an activating group) is 1. The number of nitrogens with one attached hydrogen (secondary N) is 2. The van der Waals surface area contributed by atoms with Gasteiger partial charge in [0.05, 0.1) is 6.04 Å². The highest BCUT2D eigenvalue weighted by atomic mass is 16.1. The van der Waals surface area contributed by atoms with Crippen molar-refractivity contribution in [3.05, 3.63) is 0 Å². The number of rotatable bonds is 6. The smallest absolute Gasteiger partial charge is 0.136 e. The molecule has 0 fully saturated rings. The van der Waals surface area contributed by atoms with Gasteiger partial charge in [-0.15, -0.1) is 0 Å². The predicted molar refractivity (Wildman–Crippen MR) is 42.1 cm³/mol. The van der Waals surface area contributed by atoms with Gasteiger partial charge in [0.2, 0.25) is 0 Å². The van der Waals surface area contributed by atoms with Crippen LogP contribution in [0.25, 0.3) is 0 Å². The number of carbonyl (C=O) groups excluding carboxylic acids is 1. The first kappa shape index (κ1) is 9.59. The molecule has 0 aromatic heterocycles. The third kappa shape index (κ3) is 4.47. The van der Waals surface area contributed by atoms with Crippen LogP contribution in [0.2, 0.25) is 0 Å². The van der Waals surface area contributed by atoms with Gasteiger partial charge in [0.1, 0.15) is 6.29 Å². The lowest BCUT2D eigenvalue weighted by atomic mass is 10.2. The average molecular weight is 144 g/mol. The number of aldehydes is 1. The molecule has 0 saturated heterocycles. The summed E-state index contributed by atoms with van der Waals surface area (Å²) in [5, 5.41) is 5.94. The van der Waals surface area contributed by atoms with Gasteiger partial charge >= 0.3 is 0 Å². The highest BCUT2D eigenvalue weighted by Gasteiger charge is 2.00. The van der Waals surface area contributed by atoms with Crippen LogP contribution in [-0.2, 0) is 4.79 Å². The van der Waals surface area contributed by atoms with Crippen LogP contribution in [0.1, 0.15) is 12.8 Å². The minimum Gasteiger partial charge on any atom is -0.320 e. The first-order valence-corrected chi connectivity index (χ1v) is 3.62. The molecule has 0 aliphatic heterocycles. The fourth-order valence-electron chi connectivity index (χ4n) is 0.779. The zero-order chi connectivity index (χ0) is 7.82. The van der Waals surface area contributed by atoms with Gasteiger partial charge in [-0.05, 0) is 33.5 Å². The minimum atomic E-state index is 0.0355. The van der Waals surface area contributed by atoms with Gasteiger partial charge in [0.25, 0.3) is 0 Å². The highest BCUT2D eigenvalue weighted by molar-refractivity contribution is 5.57. The summed E-state index contributed by atoms with van der Waals surface area (Å²) in [6, 6.07) is 0.0355. The van der Waals surface area contributed by atoms with Gasteiger partial charge < -0.3 is 15.4 Å². The summed E-state index contributed by atoms with van der Waals surface area (Å²) >= 11 is 0. The van der Waals surface area contributed by atoms with Gasteiger partial charge in [-0.2, -0.15) is 0 Å². The van der Waals surface area contributed by atoms with Crippen molar-refractivity contribution in [1.29, 1.82) is 0 Å². The second kappa shape index (κ2) is 6.71. The van der Waals surface area contributed by atoms with Crippen LogP contribution in [-0.4, -0.2) is 33.0 Å². The van der Waals surface area contributed by atoms with Crippen LogP contribution in [0.3, 0.4) is 0 Å². The molecule has 3 heteroatoms. The Labute approximate surface area is 62.2 Å². The summed E-state index contributed by atoms with van der Waals surface area (Å²) < 4.78 is 0. The van der Waals surface area contributed by atoms with Gasteiger partial charge in [0.15, 0.2) is 0 Å². The molecule has 0 radical (unpaired) electrons. The van der Waals surface area contributed by atoms with Crippen molar-refractivity contribution in [3.8, 4) is 0 Å². The molecule has 0 aromatic rings. The van der Waals surface area contributed by atoms with Crippen molar-refractivity contribution in [2.24, 2.45) is 0 Å². The summed E-state index contributed by atoms with van der Waals surface area (Å²) in [4.78, 5) is 10.2. The second-order valence-corrected chi connectivity index (χ2v) is 2.28. The van der Waals surface area contributed by atoms with E-state index in [1.165, 1.54) is 0 Å². The maximum atomic E-state index is 10.2. The van der Waals surface area contributed by atoms with Crippen LogP contribution < -0.4 is 10.6 Å². The lowest BCUT2D eigenvalue weighted by Crippen LogP contribution is -2.27. The molecule has 0 saturated carbocycles. The molecule has 0 aliphatic rings. The van der Waals surface area contributed by atoms with E-state index in [9.17, 15) is 4.79 Å². The first-order valence-electron chi connectivity index (χ1n) is 3.62. The quantitative estimate of drug-likeness (QED) is 0.400. The Morgan fingerprint density at radius 3 is 2.60 bits per heavy atom. The molecule has 0 heterocycles. The summed E-state index contributed by atoms with van der Waals surface area (Å²) in [7, 11) is 3.72. The van der Waals surface area contributed by atoms with Gasteiger partial charge in [-0.3, -0.25) is 0 Å². The van der Waals surface area contributed by atoms with E-state index in [0.29, 0.717) is 0 Å². The summed E-state index contributed by atoms with van der Waals surface area (Å²) in [5.41, 5.74) is 0. The van der Waals surface area contributed by atoms with E-state index in [1.807, 2.05) is 7.05 Å². The molecule has 0 bridgehead atoms. The molecule has 3 nitrogen and oxygen atoms in total. The third-order valence-corrected chi connectivity index (χ3v) is 1.48. The molecule has 0 aliphatic carbocycles. The molecule has 0 spiro atoms. The van der Waals surface area contributed by atoms with Crippen molar-refractivity contribution in [1.82, 2.24) is 10.6 Å². The van der Waals surface area contributed by atoms with Crippen LogP contribution in [0.4, 0.5) is 0 Å². The Morgan fingerprint density at radius 2 is 2.20 bits per heavy atom. The number of hydrogen-bond donors (Lipinski definition) is 2. The van der Waals surface area contributed by atoms with Crippen molar-refractivity contribution < 1.29 is 4.79 Å². The number of hydrogen-bond acceptors (Lipinski definition) is 3. The van der Waals surface area contributed by atoms with E-state index in [-0.39, 0.29) is 6.04 Å². The van der Waals surface area contributed by atoms with E-state index in [4.69, 9.17) is 0 Å². The lowest BCUT2D eigenvalue weighted by Gasteiger charge is -2.06. The summed E-state index contributed by atoms with van der Waals surface area (Å²) in [6.07, 6.45) is 2.91. The van der Waals surface area contributed by atoms with Crippen molar-refractivity contribution >= 4 is 6.29 Å². The normalized spacial score (nSPS) is 13.0. The van der Waals surface area contributed by atoms with Crippen LogP contribution >= 0.6 is 0 Å². The molecule has 60 valence electrons. The average Bonchev–Trinajstić information content (AvgIpc) is 1.99. The predicted octanol–water partition coefficient (Wildman–Crippen LogP) is -0.227. The summed E-state index contributed by atoms with van der Waals surface area (Å²) in [5.74, 6) is 0. The van der Waals surface area contributed by atoms with E-state index in [0.717, 1.165) is 25.7 Å². The van der Waals surface area contributed by atoms with Gasteiger partial charge in [-0.25, -0.2) is 0 Å². The van der Waals surface area contributed by atoms with Crippen LogP contribution in [0, 0.1) is 0 Å². The zero-order valence-corrected chi connectivity index (χ0v) is 6.68. The maximum absolute atomic E-state index is 10.2. The molecule has 1 atom stereocenters. The highest BCUT2D eigenvalue weighted by Crippen LogP contribution is 1.91. The molecule has 10 heavy (non-hydrogen) atoms. The van der Waals surface area contributed by atoms with Crippen molar-refractivity contribution in [2.45, 2.75) is 18.9 Å². The molecule has 0 rings (SSSR count). The third-order valence-electron chi connectivity index (χ3n) is 1.48. The first-order chi connectivity index (χ1) is 4.85. The lowest BCUT2D eigenvalue weighted by molar-refractivity contribution is -0.109. The van der Waals surface area contributed by atoms with E-state index in [1.54, 1.807) is 7.05 Å². The molecule has 0 aromatic carbocycles.